The van der Waals surface area contributed by atoms with Gasteiger partial charge in [-0.1, -0.05) is 84.0 Å². The van der Waals surface area contributed by atoms with Crippen LogP contribution in [-0.2, 0) is 23.4 Å². The number of unbranched alkanes of at least 4 members (excludes halogenated alkanes) is 12. The molecule has 0 bridgehead atoms. The lowest BCUT2D eigenvalue weighted by Crippen LogP contribution is -2.27. The van der Waals surface area contributed by atoms with E-state index in [9.17, 15) is 4.79 Å². The zero-order valence-electron chi connectivity index (χ0n) is 21.2. The Kier molecular flexibility index (Phi) is 22.4. The molecule has 0 amide bonds. The van der Waals surface area contributed by atoms with Crippen molar-refractivity contribution in [1.29, 1.82) is 0 Å². The molecule has 0 aliphatic heterocycles. The van der Waals surface area contributed by atoms with E-state index in [1.165, 1.54) is 70.6 Å². The second-order valence-corrected chi connectivity index (χ2v) is 13.9. The van der Waals surface area contributed by atoms with Gasteiger partial charge < -0.3 is 18.6 Å². The minimum atomic E-state index is -1.44. The van der Waals surface area contributed by atoms with E-state index in [4.69, 9.17) is 18.6 Å². The summed E-state index contributed by atoms with van der Waals surface area (Å²) < 4.78 is 21.8. The van der Waals surface area contributed by atoms with Crippen molar-refractivity contribution < 1.29 is 23.4 Å². The SMILES string of the molecule is CCCCCCCCCCCCCCCC(=O)OCCOCCOCCO[Si](C)(C)C. The Hall–Kier alpha value is -0.433. The Balaban J connectivity index is 3.18. The van der Waals surface area contributed by atoms with Crippen LogP contribution < -0.4 is 0 Å². The van der Waals surface area contributed by atoms with E-state index < -0.39 is 8.32 Å². The quantitative estimate of drug-likeness (QED) is 0.0891. The molecule has 0 fully saturated rings. The number of rotatable bonds is 24. The molecule has 5 nitrogen and oxygen atoms in total. The Bertz CT molecular complexity index is 385. The summed E-state index contributed by atoms with van der Waals surface area (Å²) in [5.74, 6) is -0.105. The topological polar surface area (TPSA) is 54.0 Å². The van der Waals surface area contributed by atoms with Crippen LogP contribution in [0.15, 0.2) is 0 Å². The zero-order valence-corrected chi connectivity index (χ0v) is 22.2. The largest absolute Gasteiger partial charge is 0.463 e. The second kappa shape index (κ2) is 22.7. The maximum atomic E-state index is 11.7. The van der Waals surface area contributed by atoms with Gasteiger partial charge in [-0.2, -0.15) is 0 Å². The van der Waals surface area contributed by atoms with Crippen LogP contribution in [0.3, 0.4) is 0 Å². The highest BCUT2D eigenvalue weighted by molar-refractivity contribution is 6.69. The van der Waals surface area contributed by atoms with Crippen LogP contribution in [-0.4, -0.2) is 53.9 Å². The molecule has 0 aromatic carbocycles. The summed E-state index contributed by atoms with van der Waals surface area (Å²) in [6.07, 6.45) is 17.6. The van der Waals surface area contributed by atoms with Gasteiger partial charge in [0.15, 0.2) is 8.32 Å². The fourth-order valence-corrected chi connectivity index (χ4v) is 4.00. The van der Waals surface area contributed by atoms with Gasteiger partial charge in [-0.15, -0.1) is 0 Å². The summed E-state index contributed by atoms with van der Waals surface area (Å²) in [4.78, 5) is 11.7. The third kappa shape index (κ3) is 27.5. The Labute approximate surface area is 194 Å². The third-order valence-electron chi connectivity index (χ3n) is 5.11. The van der Waals surface area contributed by atoms with Gasteiger partial charge in [-0.05, 0) is 26.1 Å². The summed E-state index contributed by atoms with van der Waals surface area (Å²) in [7, 11) is -1.44. The van der Waals surface area contributed by atoms with E-state index in [1.807, 2.05) is 0 Å². The number of hydrogen-bond acceptors (Lipinski definition) is 5. The molecule has 0 aromatic heterocycles. The number of carbonyl (C=O) groups is 1. The first-order valence-electron chi connectivity index (χ1n) is 12.9. The maximum absolute atomic E-state index is 11.7. The van der Waals surface area contributed by atoms with E-state index in [-0.39, 0.29) is 5.97 Å². The molecule has 0 saturated heterocycles. The molecular weight excluding hydrogens is 408 g/mol. The lowest BCUT2D eigenvalue weighted by molar-refractivity contribution is -0.145. The van der Waals surface area contributed by atoms with E-state index in [0.717, 1.165) is 12.8 Å². The molecule has 0 aliphatic carbocycles. The molecule has 0 spiro atoms. The fourth-order valence-electron chi connectivity index (χ4n) is 3.30. The van der Waals surface area contributed by atoms with Gasteiger partial charge in [0.1, 0.15) is 6.61 Å². The van der Waals surface area contributed by atoms with Crippen LogP contribution in [0.25, 0.3) is 0 Å². The molecule has 0 rings (SSSR count). The van der Waals surface area contributed by atoms with Crippen molar-refractivity contribution in [3.63, 3.8) is 0 Å². The molecule has 186 valence electrons. The minimum absolute atomic E-state index is 0.105. The summed E-state index contributed by atoms with van der Waals surface area (Å²) in [6.45, 7) is 11.8. The molecule has 0 aliphatic rings. The molecule has 0 N–H and O–H groups in total. The summed E-state index contributed by atoms with van der Waals surface area (Å²) >= 11 is 0. The molecule has 0 radical (unpaired) electrons. The molecule has 0 aromatic rings. The predicted octanol–water partition coefficient (Wildman–Crippen LogP) is 6.90. The third-order valence-corrected chi connectivity index (χ3v) is 6.18. The normalized spacial score (nSPS) is 11.7. The van der Waals surface area contributed by atoms with Crippen molar-refractivity contribution in [2.24, 2.45) is 0 Å². The molecular formula is C25H52O5Si. The van der Waals surface area contributed by atoms with Crippen molar-refractivity contribution >= 4 is 14.3 Å². The molecule has 31 heavy (non-hydrogen) atoms. The summed E-state index contributed by atoms with van der Waals surface area (Å²) in [5, 5.41) is 0. The van der Waals surface area contributed by atoms with Crippen molar-refractivity contribution in [3.8, 4) is 0 Å². The highest BCUT2D eigenvalue weighted by Gasteiger charge is 2.13. The Morgan fingerprint density at radius 1 is 0.581 bits per heavy atom. The number of carbonyl (C=O) groups excluding carboxylic acids is 1. The Morgan fingerprint density at radius 2 is 1.00 bits per heavy atom. The highest BCUT2D eigenvalue weighted by atomic mass is 28.4. The van der Waals surface area contributed by atoms with Crippen molar-refractivity contribution in [1.82, 2.24) is 0 Å². The van der Waals surface area contributed by atoms with Crippen molar-refractivity contribution in [2.45, 2.75) is 116 Å². The second-order valence-electron chi connectivity index (χ2n) is 9.40. The standard InChI is InChI=1S/C25H52O5Si/c1-5-6-7-8-9-10-11-12-13-14-15-16-17-18-25(26)29-23-21-27-19-20-28-22-24-30-31(2,3)4/h5-24H2,1-4H3. The molecule has 0 saturated carbocycles. The highest BCUT2D eigenvalue weighted by Crippen LogP contribution is 2.13. The van der Waals surface area contributed by atoms with E-state index in [1.54, 1.807) is 0 Å². The average molecular weight is 461 g/mol. The molecule has 0 atom stereocenters. The smallest absolute Gasteiger partial charge is 0.305 e. The molecule has 0 heterocycles. The first kappa shape index (κ1) is 30.6. The average Bonchev–Trinajstić information content (AvgIpc) is 2.72. The van der Waals surface area contributed by atoms with Crippen LogP contribution in [0.1, 0.15) is 96.8 Å². The van der Waals surface area contributed by atoms with E-state index in [2.05, 4.69) is 26.6 Å². The first-order valence-corrected chi connectivity index (χ1v) is 16.3. The van der Waals surface area contributed by atoms with Crippen LogP contribution in [0.2, 0.25) is 19.6 Å². The fraction of sp³-hybridized carbons (Fsp3) is 0.960. The summed E-state index contributed by atoms with van der Waals surface area (Å²) in [6, 6.07) is 0. The van der Waals surface area contributed by atoms with E-state index in [0.29, 0.717) is 46.1 Å². The van der Waals surface area contributed by atoms with Crippen LogP contribution in [0.5, 0.6) is 0 Å². The van der Waals surface area contributed by atoms with Gasteiger partial charge in [-0.3, -0.25) is 4.79 Å². The first-order chi connectivity index (χ1) is 15.0. The van der Waals surface area contributed by atoms with Crippen molar-refractivity contribution in [3.05, 3.63) is 0 Å². The predicted molar refractivity (Wildman–Crippen MR) is 132 cm³/mol. The molecule has 0 unspecified atom stereocenters. The van der Waals surface area contributed by atoms with Gasteiger partial charge in [0, 0.05) is 6.42 Å². The molecule has 6 heteroatoms. The Morgan fingerprint density at radius 3 is 1.48 bits per heavy atom. The van der Waals surface area contributed by atoms with E-state index >= 15 is 0 Å². The van der Waals surface area contributed by atoms with Gasteiger partial charge in [-0.25, -0.2) is 0 Å². The van der Waals surface area contributed by atoms with Gasteiger partial charge >= 0.3 is 5.97 Å². The van der Waals surface area contributed by atoms with Crippen molar-refractivity contribution in [2.75, 3.05) is 39.6 Å². The maximum Gasteiger partial charge on any atom is 0.305 e. The number of esters is 1. The zero-order chi connectivity index (χ0) is 23.0. The number of hydrogen-bond donors (Lipinski definition) is 0. The van der Waals surface area contributed by atoms with Crippen LogP contribution >= 0.6 is 0 Å². The lowest BCUT2D eigenvalue weighted by atomic mass is 10.0. The summed E-state index contributed by atoms with van der Waals surface area (Å²) in [5.41, 5.74) is 0. The van der Waals surface area contributed by atoms with Crippen LogP contribution in [0, 0.1) is 0 Å². The monoisotopic (exact) mass is 460 g/mol. The number of ether oxygens (including phenoxy) is 3. The van der Waals surface area contributed by atoms with Crippen LogP contribution in [0.4, 0.5) is 0 Å². The van der Waals surface area contributed by atoms with Gasteiger partial charge in [0.2, 0.25) is 0 Å². The van der Waals surface area contributed by atoms with Gasteiger partial charge in [0.25, 0.3) is 0 Å². The minimum Gasteiger partial charge on any atom is -0.463 e. The van der Waals surface area contributed by atoms with Gasteiger partial charge in [0.05, 0.1) is 33.0 Å². The lowest BCUT2D eigenvalue weighted by Gasteiger charge is -2.16.